The Morgan fingerprint density at radius 1 is 1.07 bits per heavy atom. The molecule has 0 atom stereocenters. The lowest BCUT2D eigenvalue weighted by Crippen LogP contribution is -2.10. The van der Waals surface area contributed by atoms with Crippen LogP contribution in [0.15, 0.2) is 79.4 Å². The molecule has 0 bridgehead atoms. The molecule has 2 aromatic heterocycles. The molecule has 43 heavy (non-hydrogen) atoms. The Morgan fingerprint density at radius 2 is 1.91 bits per heavy atom. The summed E-state index contributed by atoms with van der Waals surface area (Å²) in [5, 5.41) is 13.7. The third-order valence-electron chi connectivity index (χ3n) is 7.18. The van der Waals surface area contributed by atoms with Gasteiger partial charge in [0.1, 0.15) is 30.3 Å². The van der Waals surface area contributed by atoms with E-state index >= 15 is 0 Å². The zero-order valence-corrected chi connectivity index (χ0v) is 24.6. The number of carbonyl (C=O) groups is 1. The number of nitrogens with one attached hydrogen (secondary N) is 1. The van der Waals surface area contributed by atoms with Crippen molar-refractivity contribution in [3.8, 4) is 11.4 Å². The lowest BCUT2D eigenvalue weighted by Gasteiger charge is -2.12. The minimum atomic E-state index is -0.321. The molecular formula is C33H33ClFN5O3. The predicted octanol–water partition coefficient (Wildman–Crippen LogP) is 6.59. The number of aliphatic hydroxyl groups is 1. The molecule has 0 spiro atoms. The molecule has 1 aliphatic heterocycles. The number of likely N-dealkylation sites (tertiary alicyclic amines) is 1. The first kappa shape index (κ1) is 30.2. The van der Waals surface area contributed by atoms with Gasteiger partial charge < -0.3 is 24.6 Å². The van der Waals surface area contributed by atoms with Crippen molar-refractivity contribution in [1.29, 1.82) is 0 Å². The van der Waals surface area contributed by atoms with E-state index in [1.165, 1.54) is 44.4 Å². The van der Waals surface area contributed by atoms with Crippen LogP contribution in [0.2, 0.25) is 5.02 Å². The average molecular weight is 602 g/mol. The molecule has 5 aromatic rings. The van der Waals surface area contributed by atoms with Gasteiger partial charge in [-0.1, -0.05) is 23.7 Å². The summed E-state index contributed by atoms with van der Waals surface area (Å²) in [6.07, 6.45) is 9.05. The third-order valence-corrected chi connectivity index (χ3v) is 7.47. The van der Waals surface area contributed by atoms with Gasteiger partial charge in [0.15, 0.2) is 6.29 Å². The molecule has 1 saturated heterocycles. The van der Waals surface area contributed by atoms with Crippen LogP contribution in [0.4, 0.5) is 15.9 Å². The Bertz CT molecular complexity index is 1700. The van der Waals surface area contributed by atoms with E-state index in [9.17, 15) is 14.3 Å². The number of aldehydes is 1. The molecule has 1 fully saturated rings. The second-order valence-electron chi connectivity index (χ2n) is 10.4. The number of fused-ring (bicyclic) bond motifs is 1. The number of benzene rings is 3. The molecule has 0 radical (unpaired) electrons. The van der Waals surface area contributed by atoms with Crippen LogP contribution in [0, 0.1) is 5.82 Å². The number of hydrogen-bond donors (Lipinski definition) is 2. The van der Waals surface area contributed by atoms with Crippen molar-refractivity contribution < 1.29 is 19.0 Å². The first-order valence-electron chi connectivity index (χ1n) is 14.1. The van der Waals surface area contributed by atoms with Crippen molar-refractivity contribution in [3.05, 3.63) is 107 Å². The van der Waals surface area contributed by atoms with Gasteiger partial charge in [0.05, 0.1) is 10.5 Å². The minimum Gasteiger partial charge on any atom is -0.487 e. The fourth-order valence-electron chi connectivity index (χ4n) is 4.90. The van der Waals surface area contributed by atoms with E-state index in [-0.39, 0.29) is 19.0 Å². The van der Waals surface area contributed by atoms with Crippen molar-refractivity contribution in [2.24, 2.45) is 0 Å². The van der Waals surface area contributed by atoms with Crippen molar-refractivity contribution in [2.75, 3.05) is 32.1 Å². The maximum absolute atomic E-state index is 13.4. The summed E-state index contributed by atoms with van der Waals surface area (Å²) in [6, 6.07) is 17.2. The van der Waals surface area contributed by atoms with Crippen LogP contribution < -0.4 is 10.1 Å². The van der Waals surface area contributed by atoms with Gasteiger partial charge in [0, 0.05) is 41.3 Å². The summed E-state index contributed by atoms with van der Waals surface area (Å²) >= 11 is 6.45. The zero-order valence-electron chi connectivity index (χ0n) is 23.8. The maximum Gasteiger partial charge on any atom is 0.151 e. The molecule has 0 saturated carbocycles. The van der Waals surface area contributed by atoms with Crippen molar-refractivity contribution >= 4 is 40.3 Å². The number of rotatable bonds is 9. The molecule has 0 aliphatic carbocycles. The van der Waals surface area contributed by atoms with Crippen molar-refractivity contribution in [2.45, 2.75) is 25.9 Å². The van der Waals surface area contributed by atoms with E-state index in [2.05, 4.69) is 27.2 Å². The van der Waals surface area contributed by atoms with E-state index in [0.29, 0.717) is 39.8 Å². The van der Waals surface area contributed by atoms with Crippen LogP contribution in [0.5, 0.6) is 5.75 Å². The van der Waals surface area contributed by atoms with Crippen LogP contribution >= 0.6 is 11.6 Å². The van der Waals surface area contributed by atoms with Gasteiger partial charge in [0.2, 0.25) is 0 Å². The van der Waals surface area contributed by atoms with E-state index in [1.54, 1.807) is 30.5 Å². The third kappa shape index (κ3) is 7.75. The topological polar surface area (TPSA) is 92.5 Å². The summed E-state index contributed by atoms with van der Waals surface area (Å²) in [5.41, 5.74) is 4.26. The molecule has 222 valence electrons. The van der Waals surface area contributed by atoms with Gasteiger partial charge in [-0.2, -0.15) is 0 Å². The molecule has 0 amide bonds. The van der Waals surface area contributed by atoms with E-state index in [0.717, 1.165) is 28.4 Å². The van der Waals surface area contributed by atoms with Gasteiger partial charge in [-0.05, 0) is 99.1 Å². The fraction of sp³-hybridized carbons (Fsp3) is 0.242. The van der Waals surface area contributed by atoms with Gasteiger partial charge in [-0.3, -0.25) is 4.79 Å². The number of nitrogens with zero attached hydrogens (tertiary/aromatic N) is 4. The van der Waals surface area contributed by atoms with E-state index in [1.807, 2.05) is 35.0 Å². The van der Waals surface area contributed by atoms with Crippen molar-refractivity contribution in [3.63, 3.8) is 0 Å². The second kappa shape index (κ2) is 14.2. The molecule has 3 heterocycles. The summed E-state index contributed by atoms with van der Waals surface area (Å²) in [4.78, 5) is 22.6. The highest BCUT2D eigenvalue weighted by Crippen LogP contribution is 2.31. The van der Waals surface area contributed by atoms with Crippen LogP contribution in [0.3, 0.4) is 0 Å². The van der Waals surface area contributed by atoms with Gasteiger partial charge in [-0.25, -0.2) is 14.4 Å². The molecule has 0 unspecified atom stereocenters. The standard InChI is InChI=1S/C28H22ClFN4O3.C5H11N/c29-25-11-22(4-7-27(25)37-16-18-2-1-3-21(30)10-18)33-28-24-12-23(5-6-26(24)31-17-32-28)34-13-19(8-9-35)20(14-34)15-36;1-6-4-2-3-5-6/h1-7,10-15,17,35H,8-9,16H2,(H,31,32,33);2-5H2,1H3. The van der Waals surface area contributed by atoms with E-state index < -0.39 is 0 Å². The summed E-state index contributed by atoms with van der Waals surface area (Å²) < 4.78 is 21.0. The molecule has 2 N–H and O–H groups in total. The fourth-order valence-corrected chi connectivity index (χ4v) is 5.13. The summed E-state index contributed by atoms with van der Waals surface area (Å²) in [5.74, 6) is 0.733. The normalized spacial score (nSPS) is 13.0. The second-order valence-corrected chi connectivity index (χ2v) is 10.8. The Hall–Kier alpha value is -4.31. The highest BCUT2D eigenvalue weighted by atomic mass is 35.5. The molecule has 6 rings (SSSR count). The Labute approximate surface area is 254 Å². The Balaban J connectivity index is 0.000000548. The average Bonchev–Trinajstić information content (AvgIpc) is 3.66. The number of anilines is 2. The largest absolute Gasteiger partial charge is 0.487 e. The molecule has 1 aliphatic rings. The number of halogens is 2. The predicted molar refractivity (Wildman–Crippen MR) is 167 cm³/mol. The SMILES string of the molecule is CN1CCCC1.O=Cc1cn(-c2ccc3ncnc(Nc4ccc(OCc5cccc(F)c5)c(Cl)c4)c3c2)cc1CCO. The first-order chi connectivity index (χ1) is 20.9. The van der Waals surface area contributed by atoms with Crippen LogP contribution in [0.1, 0.15) is 34.3 Å². The number of hydrogen-bond acceptors (Lipinski definition) is 7. The lowest BCUT2D eigenvalue weighted by atomic mass is 10.2. The Morgan fingerprint density at radius 3 is 2.60 bits per heavy atom. The van der Waals surface area contributed by atoms with Crippen molar-refractivity contribution in [1.82, 2.24) is 19.4 Å². The number of aromatic nitrogens is 3. The zero-order chi connectivity index (χ0) is 30.2. The quantitative estimate of drug-likeness (QED) is 0.184. The summed E-state index contributed by atoms with van der Waals surface area (Å²) in [6.45, 7) is 2.79. The molecule has 8 nitrogen and oxygen atoms in total. The molecule has 10 heteroatoms. The molecule has 3 aromatic carbocycles. The van der Waals surface area contributed by atoms with E-state index in [4.69, 9.17) is 16.3 Å². The smallest absolute Gasteiger partial charge is 0.151 e. The van der Waals surface area contributed by atoms with Gasteiger partial charge >= 0.3 is 0 Å². The maximum atomic E-state index is 13.4. The monoisotopic (exact) mass is 601 g/mol. The van der Waals surface area contributed by atoms with Gasteiger partial charge in [-0.15, -0.1) is 0 Å². The number of ether oxygens (including phenoxy) is 1. The Kier molecular flexibility index (Phi) is 9.99. The lowest BCUT2D eigenvalue weighted by molar-refractivity contribution is 0.112. The minimum absolute atomic E-state index is 0.0400. The first-order valence-corrected chi connectivity index (χ1v) is 14.5. The van der Waals surface area contributed by atoms with Gasteiger partial charge in [0.25, 0.3) is 0 Å². The van der Waals surface area contributed by atoms with Crippen LogP contribution in [0.25, 0.3) is 16.6 Å². The number of aliphatic hydroxyl groups excluding tert-OH is 1. The highest BCUT2D eigenvalue weighted by molar-refractivity contribution is 6.32. The molecular weight excluding hydrogens is 569 g/mol. The van der Waals surface area contributed by atoms with Crippen LogP contribution in [-0.2, 0) is 13.0 Å². The van der Waals surface area contributed by atoms with Crippen LogP contribution in [-0.4, -0.2) is 57.6 Å². The highest BCUT2D eigenvalue weighted by Gasteiger charge is 2.11. The number of carbonyl (C=O) groups excluding carboxylic acids is 1. The summed E-state index contributed by atoms with van der Waals surface area (Å²) in [7, 11) is 2.17.